The van der Waals surface area contributed by atoms with Crippen molar-refractivity contribution in [3.8, 4) is 0 Å². The van der Waals surface area contributed by atoms with E-state index in [1.54, 1.807) is 30.4 Å². The van der Waals surface area contributed by atoms with Gasteiger partial charge in [0.1, 0.15) is 0 Å². The molecule has 2 aromatic rings. The summed E-state index contributed by atoms with van der Waals surface area (Å²) in [5.41, 5.74) is 4.54. The maximum absolute atomic E-state index is 12.5. The zero-order valence-corrected chi connectivity index (χ0v) is 16.5. The molecule has 1 aliphatic rings. The van der Waals surface area contributed by atoms with Crippen molar-refractivity contribution in [2.45, 2.75) is 13.8 Å². The molecule has 0 aromatic heterocycles. The second kappa shape index (κ2) is 8.15. The fourth-order valence-corrected chi connectivity index (χ4v) is 3.70. The molecule has 136 valence electrons. The van der Waals surface area contributed by atoms with E-state index in [0.717, 1.165) is 13.1 Å². The first-order valence-corrected chi connectivity index (χ1v) is 9.45. The standard InChI is InChI=1S/C21H22Cl2N2O/c1-15-5-3-8-20(16(15)2)24-11-13-25(14-12-24)21(26)10-9-17-18(22)6-4-7-19(17)23/h3-10H,11-14H2,1-2H3. The van der Waals surface area contributed by atoms with Crippen molar-refractivity contribution < 1.29 is 4.79 Å². The van der Waals surface area contributed by atoms with Gasteiger partial charge < -0.3 is 9.80 Å². The van der Waals surface area contributed by atoms with Gasteiger partial charge in [-0.2, -0.15) is 0 Å². The van der Waals surface area contributed by atoms with E-state index < -0.39 is 0 Å². The zero-order valence-electron chi connectivity index (χ0n) is 15.0. The molecule has 0 saturated carbocycles. The van der Waals surface area contributed by atoms with Gasteiger partial charge in [0.15, 0.2) is 0 Å². The van der Waals surface area contributed by atoms with Crippen molar-refractivity contribution >= 4 is 40.9 Å². The first-order chi connectivity index (χ1) is 12.5. The molecule has 0 spiro atoms. The third kappa shape index (κ3) is 4.05. The fraction of sp³-hybridized carbons (Fsp3) is 0.286. The van der Waals surface area contributed by atoms with E-state index in [1.807, 2.05) is 4.90 Å². The number of rotatable bonds is 3. The van der Waals surface area contributed by atoms with E-state index >= 15 is 0 Å². The lowest BCUT2D eigenvalue weighted by Gasteiger charge is -2.36. The number of amides is 1. The van der Waals surface area contributed by atoms with Gasteiger partial charge >= 0.3 is 0 Å². The van der Waals surface area contributed by atoms with Crippen LogP contribution < -0.4 is 4.90 Å². The maximum atomic E-state index is 12.5. The summed E-state index contributed by atoms with van der Waals surface area (Å²) >= 11 is 12.3. The predicted octanol–water partition coefficient (Wildman–Crippen LogP) is 4.97. The summed E-state index contributed by atoms with van der Waals surface area (Å²) in [6.07, 6.45) is 3.25. The van der Waals surface area contributed by atoms with E-state index in [0.29, 0.717) is 28.7 Å². The van der Waals surface area contributed by atoms with Gasteiger partial charge in [0.05, 0.1) is 0 Å². The highest BCUT2D eigenvalue weighted by molar-refractivity contribution is 6.37. The summed E-state index contributed by atoms with van der Waals surface area (Å²) in [5, 5.41) is 1.09. The Morgan fingerprint density at radius 1 is 0.962 bits per heavy atom. The molecule has 1 saturated heterocycles. The second-order valence-electron chi connectivity index (χ2n) is 6.50. The summed E-state index contributed by atoms with van der Waals surface area (Å²) < 4.78 is 0. The van der Waals surface area contributed by atoms with Crippen LogP contribution in [-0.2, 0) is 4.79 Å². The smallest absolute Gasteiger partial charge is 0.246 e. The Morgan fingerprint density at radius 2 is 1.58 bits per heavy atom. The van der Waals surface area contributed by atoms with Gasteiger partial charge in [-0.05, 0) is 49.2 Å². The highest BCUT2D eigenvalue weighted by atomic mass is 35.5. The van der Waals surface area contributed by atoms with E-state index in [-0.39, 0.29) is 5.91 Å². The minimum absolute atomic E-state index is 0.0124. The SMILES string of the molecule is Cc1cccc(N2CCN(C(=O)C=Cc3c(Cl)cccc3Cl)CC2)c1C. The number of piperazine rings is 1. The van der Waals surface area contributed by atoms with Crippen molar-refractivity contribution in [1.29, 1.82) is 0 Å². The molecule has 0 unspecified atom stereocenters. The Morgan fingerprint density at radius 3 is 2.23 bits per heavy atom. The molecule has 26 heavy (non-hydrogen) atoms. The first kappa shape index (κ1) is 18.8. The number of benzene rings is 2. The monoisotopic (exact) mass is 388 g/mol. The largest absolute Gasteiger partial charge is 0.368 e. The third-order valence-electron chi connectivity index (χ3n) is 4.90. The number of hydrogen-bond donors (Lipinski definition) is 0. The summed E-state index contributed by atoms with van der Waals surface area (Å²) in [5.74, 6) is -0.0124. The Kier molecular flexibility index (Phi) is 5.90. The van der Waals surface area contributed by atoms with Crippen molar-refractivity contribution in [2.24, 2.45) is 0 Å². The molecule has 0 N–H and O–H groups in total. The van der Waals surface area contributed by atoms with Crippen LogP contribution in [0.5, 0.6) is 0 Å². The molecule has 3 rings (SSSR count). The van der Waals surface area contributed by atoms with Gasteiger partial charge in [0, 0.05) is 53.6 Å². The van der Waals surface area contributed by atoms with Crippen molar-refractivity contribution in [3.63, 3.8) is 0 Å². The van der Waals surface area contributed by atoms with E-state index in [9.17, 15) is 4.79 Å². The van der Waals surface area contributed by atoms with Crippen LogP contribution in [-0.4, -0.2) is 37.0 Å². The minimum atomic E-state index is -0.0124. The lowest BCUT2D eigenvalue weighted by atomic mass is 10.1. The number of carbonyl (C=O) groups excluding carboxylic acids is 1. The molecule has 3 nitrogen and oxygen atoms in total. The topological polar surface area (TPSA) is 23.6 Å². The fourth-order valence-electron chi connectivity index (χ4n) is 3.18. The molecule has 1 amide bonds. The summed E-state index contributed by atoms with van der Waals surface area (Å²) in [6, 6.07) is 11.7. The Balaban J connectivity index is 1.64. The van der Waals surface area contributed by atoms with E-state index in [1.165, 1.54) is 16.8 Å². The van der Waals surface area contributed by atoms with Gasteiger partial charge in [-0.3, -0.25) is 4.79 Å². The molecular weight excluding hydrogens is 367 g/mol. The number of nitrogens with zero attached hydrogens (tertiary/aromatic N) is 2. The van der Waals surface area contributed by atoms with Gasteiger partial charge in [-0.25, -0.2) is 0 Å². The lowest BCUT2D eigenvalue weighted by Crippen LogP contribution is -2.48. The molecule has 0 atom stereocenters. The number of anilines is 1. The van der Waals surface area contributed by atoms with Gasteiger partial charge in [-0.1, -0.05) is 41.4 Å². The Hall–Kier alpha value is -1.97. The molecule has 1 fully saturated rings. The van der Waals surface area contributed by atoms with Crippen LogP contribution in [0.4, 0.5) is 5.69 Å². The molecular formula is C21H22Cl2N2O. The molecule has 1 aliphatic heterocycles. The van der Waals surface area contributed by atoms with Crippen LogP contribution in [0.15, 0.2) is 42.5 Å². The number of aryl methyl sites for hydroxylation is 1. The van der Waals surface area contributed by atoms with Crippen LogP contribution in [0.2, 0.25) is 10.0 Å². The third-order valence-corrected chi connectivity index (χ3v) is 5.56. The zero-order chi connectivity index (χ0) is 18.7. The number of carbonyl (C=O) groups is 1. The van der Waals surface area contributed by atoms with Crippen molar-refractivity contribution in [1.82, 2.24) is 4.90 Å². The summed E-state index contributed by atoms with van der Waals surface area (Å²) in [4.78, 5) is 16.7. The number of halogens is 2. The van der Waals surface area contributed by atoms with Crippen molar-refractivity contribution in [3.05, 3.63) is 69.2 Å². The van der Waals surface area contributed by atoms with Gasteiger partial charge in [0.2, 0.25) is 5.91 Å². The van der Waals surface area contributed by atoms with Gasteiger partial charge in [0.25, 0.3) is 0 Å². The number of hydrogen-bond acceptors (Lipinski definition) is 2. The quantitative estimate of drug-likeness (QED) is 0.692. The summed E-state index contributed by atoms with van der Waals surface area (Å²) in [6.45, 7) is 7.34. The lowest BCUT2D eigenvalue weighted by molar-refractivity contribution is -0.126. The highest BCUT2D eigenvalue weighted by Gasteiger charge is 2.21. The highest BCUT2D eigenvalue weighted by Crippen LogP contribution is 2.26. The second-order valence-corrected chi connectivity index (χ2v) is 7.31. The molecule has 0 radical (unpaired) electrons. The average Bonchev–Trinajstić information content (AvgIpc) is 2.63. The minimum Gasteiger partial charge on any atom is -0.368 e. The first-order valence-electron chi connectivity index (χ1n) is 8.69. The molecule has 5 heteroatoms. The van der Waals surface area contributed by atoms with Crippen LogP contribution in [0.3, 0.4) is 0 Å². The maximum Gasteiger partial charge on any atom is 0.246 e. The van der Waals surface area contributed by atoms with Crippen LogP contribution >= 0.6 is 23.2 Å². The average molecular weight is 389 g/mol. The normalized spacial score (nSPS) is 14.9. The molecule has 0 aliphatic carbocycles. The Bertz CT molecular complexity index is 820. The van der Waals surface area contributed by atoms with Gasteiger partial charge in [-0.15, -0.1) is 0 Å². The summed E-state index contributed by atoms with van der Waals surface area (Å²) in [7, 11) is 0. The Labute approximate surface area is 164 Å². The van der Waals surface area contributed by atoms with Crippen LogP contribution in [0.25, 0.3) is 6.08 Å². The van der Waals surface area contributed by atoms with Crippen LogP contribution in [0.1, 0.15) is 16.7 Å². The molecule has 0 bridgehead atoms. The van der Waals surface area contributed by atoms with E-state index in [2.05, 4.69) is 36.9 Å². The molecule has 1 heterocycles. The van der Waals surface area contributed by atoms with E-state index in [4.69, 9.17) is 23.2 Å². The van der Waals surface area contributed by atoms with Crippen LogP contribution in [0, 0.1) is 13.8 Å². The van der Waals surface area contributed by atoms with Crippen molar-refractivity contribution in [2.75, 3.05) is 31.1 Å². The molecule has 2 aromatic carbocycles. The predicted molar refractivity (Wildman–Crippen MR) is 110 cm³/mol.